The molecule has 15 heavy (non-hydrogen) atoms. The van der Waals surface area contributed by atoms with Crippen molar-refractivity contribution in [3.8, 4) is 0 Å². The molecule has 0 rings (SSSR count). The molecule has 0 aliphatic carbocycles. The van der Waals surface area contributed by atoms with Gasteiger partial charge in [-0.15, -0.1) is 0 Å². The monoisotopic (exact) mass is 386 g/mol. The maximum atomic E-state index is 3.73. The molecule has 0 aliphatic heterocycles. The summed E-state index contributed by atoms with van der Waals surface area (Å²) in [6, 6.07) is 0. The Hall–Kier alpha value is 0.790. The van der Waals surface area contributed by atoms with Gasteiger partial charge in [0.25, 0.3) is 0 Å². The molecule has 0 spiro atoms. The first-order chi connectivity index (χ1) is 5.54. The van der Waals surface area contributed by atoms with Crippen molar-refractivity contribution < 1.29 is 36.8 Å². The molecule has 3 heteroatoms. The largest absolute Gasteiger partial charge is 0.412 e. The zero-order chi connectivity index (χ0) is 9.98. The van der Waals surface area contributed by atoms with E-state index in [0.717, 1.165) is 24.7 Å². The summed E-state index contributed by atoms with van der Waals surface area (Å²) in [5.41, 5.74) is 0. The molecule has 0 aromatic carbocycles. The standard InChI is InChI=1S/2C6H13.Hf.2H2O/c2*1-4-5-6(2)3;;;/h2*6H,1,4-5H2,2-3H3;;2*1H2/q2*-1;;;. The van der Waals surface area contributed by atoms with Crippen LogP contribution >= 0.6 is 0 Å². The molecular weight excluding hydrogens is 355 g/mol. The molecule has 0 aromatic heterocycles. The van der Waals surface area contributed by atoms with Crippen LogP contribution in [-0.4, -0.2) is 11.0 Å². The Labute approximate surface area is 116 Å². The minimum Gasteiger partial charge on any atom is -0.412 e. The van der Waals surface area contributed by atoms with Crippen molar-refractivity contribution in [2.75, 3.05) is 0 Å². The van der Waals surface area contributed by atoms with Gasteiger partial charge in [0, 0.05) is 25.8 Å². The van der Waals surface area contributed by atoms with E-state index in [4.69, 9.17) is 0 Å². The SMILES string of the molecule is O.O.[CH2-]CCC(C)C.[CH2-]CCC(C)C.[Hf]. The topological polar surface area (TPSA) is 63.0 Å². The fraction of sp³-hybridized carbons (Fsp3) is 0.833. The van der Waals surface area contributed by atoms with Gasteiger partial charge in [-0.3, -0.25) is 0 Å². The van der Waals surface area contributed by atoms with E-state index in [1.165, 1.54) is 12.8 Å². The summed E-state index contributed by atoms with van der Waals surface area (Å²) in [7, 11) is 0. The molecule has 0 atom stereocenters. The Morgan fingerprint density at radius 1 is 0.733 bits per heavy atom. The van der Waals surface area contributed by atoms with Crippen LogP contribution in [0.2, 0.25) is 0 Å². The molecule has 0 heterocycles. The molecule has 0 amide bonds. The normalized spacial score (nSPS) is 8.00. The van der Waals surface area contributed by atoms with Crippen LogP contribution in [0.25, 0.3) is 0 Å². The molecule has 2 nitrogen and oxygen atoms in total. The molecule has 0 unspecified atom stereocenters. The van der Waals surface area contributed by atoms with Crippen molar-refractivity contribution >= 4 is 0 Å². The molecule has 4 N–H and O–H groups in total. The zero-order valence-corrected chi connectivity index (χ0v) is 14.5. The summed E-state index contributed by atoms with van der Waals surface area (Å²) in [5.74, 6) is 1.67. The van der Waals surface area contributed by atoms with Crippen LogP contribution in [0.15, 0.2) is 0 Å². The predicted octanol–water partition coefficient (Wildman–Crippen LogP) is 2.86. The maximum Gasteiger partial charge on any atom is 0 e. The van der Waals surface area contributed by atoms with Gasteiger partial charge in [0.15, 0.2) is 0 Å². The molecule has 96 valence electrons. The van der Waals surface area contributed by atoms with Crippen LogP contribution in [0.3, 0.4) is 0 Å². The zero-order valence-electron chi connectivity index (χ0n) is 10.9. The molecule has 0 saturated heterocycles. The van der Waals surface area contributed by atoms with Crippen molar-refractivity contribution in [1.29, 1.82) is 0 Å². The van der Waals surface area contributed by atoms with Crippen LogP contribution in [0, 0.1) is 25.7 Å². The first-order valence-corrected chi connectivity index (χ1v) is 5.13. The summed E-state index contributed by atoms with van der Waals surface area (Å²) in [5, 5.41) is 0. The van der Waals surface area contributed by atoms with Crippen LogP contribution in [0.4, 0.5) is 0 Å². The minimum absolute atomic E-state index is 0. The van der Waals surface area contributed by atoms with Crippen molar-refractivity contribution in [2.45, 2.75) is 53.4 Å². The third-order valence-corrected chi connectivity index (χ3v) is 1.56. The number of rotatable bonds is 4. The smallest absolute Gasteiger partial charge is 0 e. The molecular formula is C12H30HfO2-2. The van der Waals surface area contributed by atoms with E-state index in [0.29, 0.717) is 0 Å². The second-order valence-corrected chi connectivity index (χ2v) is 4.07. The van der Waals surface area contributed by atoms with Gasteiger partial charge in [0.2, 0.25) is 0 Å². The summed E-state index contributed by atoms with van der Waals surface area (Å²) < 4.78 is 0. The second-order valence-electron chi connectivity index (χ2n) is 4.07. The van der Waals surface area contributed by atoms with E-state index < -0.39 is 0 Å². The fourth-order valence-electron chi connectivity index (χ4n) is 0.816. The van der Waals surface area contributed by atoms with E-state index in [-0.39, 0.29) is 36.8 Å². The van der Waals surface area contributed by atoms with Gasteiger partial charge in [0.1, 0.15) is 0 Å². The summed E-state index contributed by atoms with van der Waals surface area (Å²) in [6.07, 6.45) is 4.69. The van der Waals surface area contributed by atoms with Crippen molar-refractivity contribution in [1.82, 2.24) is 0 Å². The van der Waals surface area contributed by atoms with E-state index in [9.17, 15) is 0 Å². The van der Waals surface area contributed by atoms with Crippen molar-refractivity contribution in [2.24, 2.45) is 11.8 Å². The van der Waals surface area contributed by atoms with E-state index in [1.807, 2.05) is 0 Å². The molecule has 0 aromatic rings. The average molecular weight is 385 g/mol. The first-order valence-electron chi connectivity index (χ1n) is 5.13. The number of hydrogen-bond acceptors (Lipinski definition) is 0. The van der Waals surface area contributed by atoms with Gasteiger partial charge in [-0.25, -0.2) is 0 Å². The Kier molecular flexibility index (Phi) is 47.8. The van der Waals surface area contributed by atoms with Crippen molar-refractivity contribution in [3.05, 3.63) is 13.8 Å². The maximum absolute atomic E-state index is 3.73. The first kappa shape index (κ1) is 29.7. The Morgan fingerprint density at radius 2 is 0.933 bits per heavy atom. The van der Waals surface area contributed by atoms with E-state index in [2.05, 4.69) is 41.5 Å². The second kappa shape index (κ2) is 24.2. The average Bonchev–Trinajstić information content (AvgIpc) is 1.87. The van der Waals surface area contributed by atoms with Gasteiger partial charge in [-0.05, 0) is 11.8 Å². The van der Waals surface area contributed by atoms with Crippen molar-refractivity contribution in [3.63, 3.8) is 0 Å². The van der Waals surface area contributed by atoms with Crippen LogP contribution in [0.5, 0.6) is 0 Å². The predicted molar refractivity (Wildman–Crippen MR) is 66.1 cm³/mol. The van der Waals surface area contributed by atoms with Crippen LogP contribution in [0.1, 0.15) is 53.4 Å². The van der Waals surface area contributed by atoms with Gasteiger partial charge in [0.05, 0.1) is 0 Å². The van der Waals surface area contributed by atoms with Gasteiger partial charge in [-0.1, -0.05) is 40.5 Å². The van der Waals surface area contributed by atoms with E-state index in [1.54, 1.807) is 0 Å². The van der Waals surface area contributed by atoms with Gasteiger partial charge < -0.3 is 24.8 Å². The van der Waals surface area contributed by atoms with Gasteiger partial charge in [-0.2, -0.15) is 12.8 Å². The fourth-order valence-corrected chi connectivity index (χ4v) is 0.816. The van der Waals surface area contributed by atoms with Gasteiger partial charge >= 0.3 is 0 Å². The van der Waals surface area contributed by atoms with E-state index >= 15 is 0 Å². The third-order valence-electron chi connectivity index (χ3n) is 1.56. The number of hydrogen-bond donors (Lipinski definition) is 0. The quantitative estimate of drug-likeness (QED) is 0.528. The molecule has 0 aliphatic rings. The summed E-state index contributed by atoms with van der Waals surface area (Å²) in [4.78, 5) is 0. The Balaban J connectivity index is -0.0000000370. The Bertz CT molecular complexity index is 66.0. The Morgan fingerprint density at radius 3 is 0.933 bits per heavy atom. The summed E-state index contributed by atoms with van der Waals surface area (Å²) >= 11 is 0. The summed E-state index contributed by atoms with van der Waals surface area (Å²) in [6.45, 7) is 16.3. The molecule has 0 fully saturated rings. The van der Waals surface area contributed by atoms with Crippen LogP contribution < -0.4 is 0 Å². The van der Waals surface area contributed by atoms with Crippen LogP contribution in [-0.2, 0) is 25.8 Å². The molecule has 0 bridgehead atoms. The minimum atomic E-state index is 0. The molecule has 0 saturated carbocycles. The molecule has 0 radical (unpaired) electrons. The third kappa shape index (κ3) is 52.5.